The molecule has 0 saturated heterocycles. The number of benzene rings is 2. The molecule has 0 fully saturated rings. The van der Waals surface area contributed by atoms with E-state index in [1.54, 1.807) is 31.2 Å². The minimum Gasteiger partial charge on any atom is -0.459 e. The molecule has 7 nitrogen and oxygen atoms in total. The van der Waals surface area contributed by atoms with Gasteiger partial charge >= 0.3 is 5.97 Å². The molecule has 0 radical (unpaired) electrons. The van der Waals surface area contributed by atoms with Gasteiger partial charge in [0.2, 0.25) is 0 Å². The summed E-state index contributed by atoms with van der Waals surface area (Å²) >= 11 is 1.07. The summed E-state index contributed by atoms with van der Waals surface area (Å²) in [5.41, 5.74) is 3.08. The Labute approximate surface area is 200 Å². The first-order valence-electron chi connectivity index (χ1n) is 10.5. The van der Waals surface area contributed by atoms with Crippen molar-refractivity contribution in [3.05, 3.63) is 95.3 Å². The van der Waals surface area contributed by atoms with Gasteiger partial charge in [-0.1, -0.05) is 48.5 Å². The van der Waals surface area contributed by atoms with Gasteiger partial charge in [-0.15, -0.1) is 11.3 Å². The number of esters is 1. The summed E-state index contributed by atoms with van der Waals surface area (Å²) in [6.07, 6.45) is 0.376. The molecule has 172 valence electrons. The van der Waals surface area contributed by atoms with E-state index in [2.05, 4.69) is 10.6 Å². The van der Waals surface area contributed by atoms with Crippen LogP contribution in [0.5, 0.6) is 0 Å². The van der Waals surface area contributed by atoms with Gasteiger partial charge in [0, 0.05) is 11.3 Å². The van der Waals surface area contributed by atoms with Crippen molar-refractivity contribution in [2.45, 2.75) is 20.0 Å². The second-order valence-electron chi connectivity index (χ2n) is 7.50. The number of carbonyl (C=O) groups excluding carboxylic acids is 3. The smallest absolute Gasteiger partial charge is 0.349 e. The van der Waals surface area contributed by atoms with Crippen molar-refractivity contribution < 1.29 is 23.5 Å². The number of para-hydroxylation sites is 1. The van der Waals surface area contributed by atoms with Gasteiger partial charge in [-0.05, 0) is 49.2 Å². The number of furan rings is 1. The predicted octanol–water partition coefficient (Wildman–Crippen LogP) is 5.75. The monoisotopic (exact) mass is 474 g/mol. The zero-order valence-electron chi connectivity index (χ0n) is 18.5. The molecule has 0 spiro atoms. The SMILES string of the molecule is Cc1cc(NC(=O)c2ccco2)sc1C(=O)OC(C)C(=O)Nc1ccccc1-c1ccccc1. The lowest BCUT2D eigenvalue weighted by molar-refractivity contribution is -0.123. The Morgan fingerprint density at radius 1 is 0.941 bits per heavy atom. The second-order valence-corrected chi connectivity index (χ2v) is 8.55. The number of rotatable bonds is 7. The van der Waals surface area contributed by atoms with Crippen molar-refractivity contribution in [3.63, 3.8) is 0 Å². The van der Waals surface area contributed by atoms with Crippen molar-refractivity contribution in [3.8, 4) is 11.1 Å². The van der Waals surface area contributed by atoms with E-state index in [1.165, 1.54) is 13.2 Å². The van der Waals surface area contributed by atoms with Crippen LogP contribution in [0.3, 0.4) is 0 Å². The molecule has 0 saturated carbocycles. The highest BCUT2D eigenvalue weighted by molar-refractivity contribution is 7.18. The highest BCUT2D eigenvalue weighted by atomic mass is 32.1. The molecule has 34 heavy (non-hydrogen) atoms. The predicted molar refractivity (Wildman–Crippen MR) is 131 cm³/mol. The van der Waals surface area contributed by atoms with E-state index in [1.807, 2.05) is 48.5 Å². The fourth-order valence-electron chi connectivity index (χ4n) is 3.29. The molecule has 1 atom stereocenters. The number of ether oxygens (including phenoxy) is 1. The van der Waals surface area contributed by atoms with Crippen LogP contribution >= 0.6 is 11.3 Å². The van der Waals surface area contributed by atoms with Crippen LogP contribution in [0.25, 0.3) is 11.1 Å². The van der Waals surface area contributed by atoms with E-state index in [4.69, 9.17) is 9.15 Å². The standard InChI is InChI=1S/C26H22N2O5S/c1-16-15-22(28-25(30)21-13-8-14-32-21)34-23(16)26(31)33-17(2)24(29)27-20-12-7-6-11-19(20)18-9-4-3-5-10-18/h3-15,17H,1-2H3,(H,27,29)(H,28,30). The number of nitrogens with one attached hydrogen (secondary N) is 2. The molecule has 2 heterocycles. The third kappa shape index (κ3) is 5.24. The summed E-state index contributed by atoms with van der Waals surface area (Å²) in [6.45, 7) is 3.25. The van der Waals surface area contributed by atoms with Gasteiger partial charge < -0.3 is 19.8 Å². The normalized spacial score (nSPS) is 11.5. The van der Waals surface area contributed by atoms with E-state index in [0.29, 0.717) is 21.1 Å². The minimum atomic E-state index is -1.03. The van der Waals surface area contributed by atoms with Gasteiger partial charge in [0.1, 0.15) is 4.88 Å². The molecule has 2 aromatic heterocycles. The summed E-state index contributed by atoms with van der Waals surface area (Å²) < 4.78 is 10.5. The average molecular weight is 475 g/mol. The number of anilines is 2. The van der Waals surface area contributed by atoms with Crippen LogP contribution in [-0.4, -0.2) is 23.9 Å². The third-order valence-corrected chi connectivity index (χ3v) is 6.14. The molecular formula is C26H22N2O5S. The molecule has 8 heteroatoms. The molecule has 0 bridgehead atoms. The molecule has 0 aliphatic heterocycles. The highest BCUT2D eigenvalue weighted by Crippen LogP contribution is 2.29. The average Bonchev–Trinajstić information content (AvgIpc) is 3.50. The van der Waals surface area contributed by atoms with Crippen LogP contribution in [0.2, 0.25) is 0 Å². The molecule has 4 aromatic rings. The van der Waals surface area contributed by atoms with E-state index < -0.39 is 23.9 Å². The summed E-state index contributed by atoms with van der Waals surface area (Å²) in [7, 11) is 0. The fourth-order valence-corrected chi connectivity index (χ4v) is 4.24. The van der Waals surface area contributed by atoms with E-state index in [0.717, 1.165) is 22.5 Å². The van der Waals surface area contributed by atoms with Crippen LogP contribution < -0.4 is 10.6 Å². The number of aryl methyl sites for hydroxylation is 1. The summed E-state index contributed by atoms with van der Waals surface area (Å²) in [6, 6.07) is 21.9. The number of hydrogen-bond donors (Lipinski definition) is 2. The van der Waals surface area contributed by atoms with Gasteiger partial charge in [-0.3, -0.25) is 9.59 Å². The maximum absolute atomic E-state index is 12.8. The highest BCUT2D eigenvalue weighted by Gasteiger charge is 2.23. The first-order chi connectivity index (χ1) is 16.4. The molecule has 4 rings (SSSR count). The molecular weight excluding hydrogens is 452 g/mol. The zero-order chi connectivity index (χ0) is 24.1. The minimum absolute atomic E-state index is 0.163. The number of hydrogen-bond acceptors (Lipinski definition) is 6. The van der Waals surface area contributed by atoms with E-state index in [9.17, 15) is 14.4 Å². The first-order valence-corrected chi connectivity index (χ1v) is 11.4. The van der Waals surface area contributed by atoms with Crippen molar-refractivity contribution in [1.29, 1.82) is 0 Å². The Bertz CT molecular complexity index is 1310. The van der Waals surface area contributed by atoms with Gasteiger partial charge in [0.15, 0.2) is 11.9 Å². The summed E-state index contributed by atoms with van der Waals surface area (Å²) in [5.74, 6) is -1.34. The number of thiophene rings is 1. The number of amides is 2. The van der Waals surface area contributed by atoms with Crippen LogP contribution in [0.1, 0.15) is 32.7 Å². The molecule has 0 aliphatic carbocycles. The third-order valence-electron chi connectivity index (χ3n) is 5.01. The largest absolute Gasteiger partial charge is 0.459 e. The van der Waals surface area contributed by atoms with Crippen LogP contribution in [-0.2, 0) is 9.53 Å². The maximum atomic E-state index is 12.8. The fraction of sp³-hybridized carbons (Fsp3) is 0.115. The lowest BCUT2D eigenvalue weighted by Crippen LogP contribution is -2.30. The van der Waals surface area contributed by atoms with Crippen molar-refractivity contribution in [1.82, 2.24) is 0 Å². The maximum Gasteiger partial charge on any atom is 0.349 e. The van der Waals surface area contributed by atoms with Crippen LogP contribution in [0.4, 0.5) is 10.7 Å². The summed E-state index contributed by atoms with van der Waals surface area (Å²) in [5, 5.41) is 6.01. The quantitative estimate of drug-likeness (QED) is 0.332. The van der Waals surface area contributed by atoms with Gasteiger partial charge in [0.05, 0.1) is 11.3 Å². The molecule has 2 N–H and O–H groups in total. The Hall–Kier alpha value is -4.17. The van der Waals surface area contributed by atoms with Gasteiger partial charge in [0.25, 0.3) is 11.8 Å². The lowest BCUT2D eigenvalue weighted by Gasteiger charge is -2.15. The van der Waals surface area contributed by atoms with Crippen molar-refractivity contribution >= 4 is 39.8 Å². The van der Waals surface area contributed by atoms with Gasteiger partial charge in [-0.2, -0.15) is 0 Å². The molecule has 2 aromatic carbocycles. The van der Waals surface area contributed by atoms with E-state index in [-0.39, 0.29) is 5.76 Å². The van der Waals surface area contributed by atoms with Crippen molar-refractivity contribution in [2.75, 3.05) is 10.6 Å². The molecule has 0 aliphatic rings. The Morgan fingerprint density at radius 3 is 2.41 bits per heavy atom. The Kier molecular flexibility index (Phi) is 6.89. The summed E-state index contributed by atoms with van der Waals surface area (Å²) in [4.78, 5) is 38.0. The molecule has 1 unspecified atom stereocenters. The lowest BCUT2D eigenvalue weighted by atomic mass is 10.0. The second kappa shape index (κ2) is 10.2. The topological polar surface area (TPSA) is 97.6 Å². The van der Waals surface area contributed by atoms with Gasteiger partial charge in [-0.25, -0.2) is 4.79 Å². The first kappa shape index (κ1) is 23.0. The Morgan fingerprint density at radius 2 is 1.68 bits per heavy atom. The zero-order valence-corrected chi connectivity index (χ0v) is 19.3. The molecule has 2 amide bonds. The van der Waals surface area contributed by atoms with E-state index >= 15 is 0 Å². The number of carbonyl (C=O) groups is 3. The van der Waals surface area contributed by atoms with Crippen LogP contribution in [0, 0.1) is 6.92 Å². The van der Waals surface area contributed by atoms with Crippen molar-refractivity contribution in [2.24, 2.45) is 0 Å². The van der Waals surface area contributed by atoms with Crippen LogP contribution in [0.15, 0.2) is 83.5 Å². The Balaban J connectivity index is 1.41.